The molecule has 1 aromatic heterocycles. The first-order valence-corrected chi connectivity index (χ1v) is 8.21. The minimum atomic E-state index is -3.73. The highest BCUT2D eigenvalue weighted by Gasteiger charge is 2.15. The van der Waals surface area contributed by atoms with Gasteiger partial charge >= 0.3 is 0 Å². The first-order valence-electron chi connectivity index (χ1n) is 6.35. The standard InChI is InChI=1S/C13H15ClN4O2S/c1-2-6-15-13-16-8-12(9-17-13)21(19,20)18-11-5-3-4-10(14)7-11/h3-5,7-9,18H,2,6H2,1H3,(H,15,16,17). The molecular formula is C13H15ClN4O2S. The molecule has 0 radical (unpaired) electrons. The predicted molar refractivity (Wildman–Crippen MR) is 83.1 cm³/mol. The second-order valence-corrected chi connectivity index (χ2v) is 6.40. The van der Waals surface area contributed by atoms with Crippen molar-refractivity contribution < 1.29 is 8.42 Å². The Morgan fingerprint density at radius 1 is 1.24 bits per heavy atom. The number of sulfonamides is 1. The molecule has 0 amide bonds. The molecule has 0 aliphatic rings. The predicted octanol–water partition coefficient (Wildman–Crippen LogP) is 2.75. The normalized spacial score (nSPS) is 11.1. The van der Waals surface area contributed by atoms with Crippen molar-refractivity contribution in [2.75, 3.05) is 16.6 Å². The van der Waals surface area contributed by atoms with E-state index in [1.165, 1.54) is 18.5 Å². The van der Waals surface area contributed by atoms with E-state index in [1.54, 1.807) is 18.2 Å². The van der Waals surface area contributed by atoms with Crippen LogP contribution in [0.1, 0.15) is 13.3 Å². The van der Waals surface area contributed by atoms with E-state index >= 15 is 0 Å². The van der Waals surface area contributed by atoms with Crippen molar-refractivity contribution in [3.63, 3.8) is 0 Å². The maximum Gasteiger partial charge on any atom is 0.264 e. The number of rotatable bonds is 6. The summed E-state index contributed by atoms with van der Waals surface area (Å²) in [5, 5.41) is 3.42. The zero-order chi connectivity index (χ0) is 15.3. The van der Waals surface area contributed by atoms with Crippen molar-refractivity contribution in [1.29, 1.82) is 0 Å². The van der Waals surface area contributed by atoms with Crippen molar-refractivity contribution in [2.45, 2.75) is 18.2 Å². The van der Waals surface area contributed by atoms with Crippen LogP contribution < -0.4 is 10.0 Å². The van der Waals surface area contributed by atoms with E-state index in [4.69, 9.17) is 11.6 Å². The van der Waals surface area contributed by atoms with Crippen molar-refractivity contribution in [3.05, 3.63) is 41.7 Å². The Bertz CT molecular complexity index is 704. The lowest BCUT2D eigenvalue weighted by molar-refractivity contribution is 0.600. The Morgan fingerprint density at radius 3 is 2.57 bits per heavy atom. The molecule has 0 aliphatic carbocycles. The highest BCUT2D eigenvalue weighted by Crippen LogP contribution is 2.19. The van der Waals surface area contributed by atoms with Gasteiger partial charge in [-0.15, -0.1) is 0 Å². The minimum absolute atomic E-state index is 0.00970. The van der Waals surface area contributed by atoms with Gasteiger partial charge in [0.15, 0.2) is 0 Å². The molecule has 2 N–H and O–H groups in total. The highest BCUT2D eigenvalue weighted by atomic mass is 35.5. The first-order chi connectivity index (χ1) is 10.0. The molecule has 1 heterocycles. The summed E-state index contributed by atoms with van der Waals surface area (Å²) < 4.78 is 26.8. The van der Waals surface area contributed by atoms with Crippen molar-refractivity contribution in [1.82, 2.24) is 9.97 Å². The van der Waals surface area contributed by atoms with E-state index in [0.29, 0.717) is 16.7 Å². The molecule has 0 fully saturated rings. The van der Waals surface area contributed by atoms with Crippen LogP contribution >= 0.6 is 11.6 Å². The lowest BCUT2D eigenvalue weighted by Gasteiger charge is -2.08. The molecule has 0 aliphatic heterocycles. The summed E-state index contributed by atoms with van der Waals surface area (Å²) in [4.78, 5) is 7.94. The van der Waals surface area contributed by atoms with Gasteiger partial charge in [-0.05, 0) is 24.6 Å². The smallest absolute Gasteiger partial charge is 0.264 e. The molecule has 21 heavy (non-hydrogen) atoms. The van der Waals surface area contributed by atoms with Crippen LogP contribution in [0.2, 0.25) is 5.02 Å². The summed E-state index contributed by atoms with van der Waals surface area (Å²) in [7, 11) is -3.73. The lowest BCUT2D eigenvalue weighted by Crippen LogP contribution is -2.14. The zero-order valence-electron chi connectivity index (χ0n) is 11.4. The molecule has 0 unspecified atom stereocenters. The Labute approximate surface area is 128 Å². The van der Waals surface area contributed by atoms with Crippen LogP contribution in [0.5, 0.6) is 0 Å². The third-order valence-corrected chi connectivity index (χ3v) is 4.12. The summed E-state index contributed by atoms with van der Waals surface area (Å²) >= 11 is 5.82. The summed E-state index contributed by atoms with van der Waals surface area (Å²) in [6.07, 6.45) is 3.45. The molecule has 8 heteroatoms. The van der Waals surface area contributed by atoms with E-state index in [2.05, 4.69) is 20.0 Å². The second-order valence-electron chi connectivity index (χ2n) is 4.28. The molecule has 0 bridgehead atoms. The highest BCUT2D eigenvalue weighted by molar-refractivity contribution is 7.92. The van der Waals surface area contributed by atoms with Crippen molar-refractivity contribution in [3.8, 4) is 0 Å². The van der Waals surface area contributed by atoms with Crippen LogP contribution in [0.3, 0.4) is 0 Å². The third kappa shape index (κ3) is 4.30. The molecule has 0 atom stereocenters. The fraction of sp³-hybridized carbons (Fsp3) is 0.231. The molecule has 6 nitrogen and oxygen atoms in total. The van der Waals surface area contributed by atoms with Gasteiger partial charge in [-0.25, -0.2) is 18.4 Å². The number of aromatic nitrogens is 2. The van der Waals surface area contributed by atoms with Gasteiger partial charge in [-0.1, -0.05) is 24.6 Å². The Balaban J connectivity index is 2.15. The Kier molecular flexibility index (Phi) is 4.98. The van der Waals surface area contributed by atoms with Crippen LogP contribution in [-0.4, -0.2) is 24.9 Å². The zero-order valence-corrected chi connectivity index (χ0v) is 12.9. The van der Waals surface area contributed by atoms with Gasteiger partial charge < -0.3 is 5.32 Å². The first kappa shape index (κ1) is 15.5. The molecule has 1 aromatic carbocycles. The van der Waals surface area contributed by atoms with Gasteiger partial charge in [0.25, 0.3) is 10.0 Å². The summed E-state index contributed by atoms with van der Waals surface area (Å²) in [5.41, 5.74) is 0.385. The summed E-state index contributed by atoms with van der Waals surface area (Å²) in [5.74, 6) is 0.401. The number of hydrogen-bond acceptors (Lipinski definition) is 5. The van der Waals surface area contributed by atoms with Gasteiger partial charge in [-0.2, -0.15) is 0 Å². The van der Waals surface area contributed by atoms with Gasteiger partial charge in [0, 0.05) is 11.6 Å². The number of hydrogen-bond donors (Lipinski definition) is 2. The summed E-state index contributed by atoms with van der Waals surface area (Å²) in [6, 6.07) is 6.46. The number of nitrogens with one attached hydrogen (secondary N) is 2. The molecule has 112 valence electrons. The maximum absolute atomic E-state index is 12.2. The molecule has 0 spiro atoms. The minimum Gasteiger partial charge on any atom is -0.354 e. The van der Waals surface area contributed by atoms with Crippen LogP contribution in [0, 0.1) is 0 Å². The number of nitrogens with zero attached hydrogens (tertiary/aromatic N) is 2. The van der Waals surface area contributed by atoms with Crippen LogP contribution in [0.15, 0.2) is 41.6 Å². The number of halogens is 1. The maximum atomic E-state index is 12.2. The molecule has 0 saturated heterocycles. The molecule has 2 rings (SSSR count). The van der Waals surface area contributed by atoms with Gasteiger partial charge in [-0.3, -0.25) is 4.72 Å². The van der Waals surface area contributed by atoms with E-state index < -0.39 is 10.0 Å². The fourth-order valence-corrected chi connectivity index (χ4v) is 2.68. The quantitative estimate of drug-likeness (QED) is 0.852. The number of anilines is 2. The monoisotopic (exact) mass is 326 g/mol. The molecule has 0 saturated carbocycles. The Hall–Kier alpha value is -1.86. The van der Waals surface area contributed by atoms with Crippen LogP contribution in [-0.2, 0) is 10.0 Å². The van der Waals surface area contributed by atoms with Gasteiger partial charge in [0.2, 0.25) is 5.95 Å². The van der Waals surface area contributed by atoms with Gasteiger partial charge in [0.05, 0.1) is 18.1 Å². The second kappa shape index (κ2) is 6.73. The van der Waals surface area contributed by atoms with E-state index in [1.807, 2.05) is 6.92 Å². The molecular weight excluding hydrogens is 312 g/mol. The average molecular weight is 327 g/mol. The fourth-order valence-electron chi connectivity index (χ4n) is 1.55. The third-order valence-electron chi connectivity index (χ3n) is 2.55. The largest absolute Gasteiger partial charge is 0.354 e. The lowest BCUT2D eigenvalue weighted by atomic mass is 10.3. The Morgan fingerprint density at radius 2 is 1.95 bits per heavy atom. The average Bonchev–Trinajstić information content (AvgIpc) is 2.45. The topological polar surface area (TPSA) is 84.0 Å². The summed E-state index contributed by atoms with van der Waals surface area (Å²) in [6.45, 7) is 2.74. The van der Waals surface area contributed by atoms with E-state index in [0.717, 1.165) is 13.0 Å². The van der Waals surface area contributed by atoms with Crippen LogP contribution in [0.25, 0.3) is 0 Å². The van der Waals surface area contributed by atoms with Crippen molar-refractivity contribution >= 4 is 33.3 Å². The SMILES string of the molecule is CCCNc1ncc(S(=O)(=O)Nc2cccc(Cl)c2)cn1. The van der Waals surface area contributed by atoms with E-state index in [-0.39, 0.29) is 4.90 Å². The molecule has 2 aromatic rings. The van der Waals surface area contributed by atoms with Gasteiger partial charge in [0.1, 0.15) is 4.90 Å². The van der Waals surface area contributed by atoms with Crippen LogP contribution in [0.4, 0.5) is 11.6 Å². The van der Waals surface area contributed by atoms with Crippen molar-refractivity contribution in [2.24, 2.45) is 0 Å². The number of benzene rings is 1. The van der Waals surface area contributed by atoms with E-state index in [9.17, 15) is 8.42 Å².